The van der Waals surface area contributed by atoms with E-state index in [1.165, 1.54) is 12.1 Å². The summed E-state index contributed by atoms with van der Waals surface area (Å²) in [6, 6.07) is 13.8. The van der Waals surface area contributed by atoms with E-state index >= 15 is 0 Å². The minimum atomic E-state index is -4.42. The van der Waals surface area contributed by atoms with Crippen LogP contribution in [0.2, 0.25) is 0 Å². The predicted octanol–water partition coefficient (Wildman–Crippen LogP) is 6.22. The molecule has 2 aromatic carbocycles. The van der Waals surface area contributed by atoms with E-state index in [2.05, 4.69) is 0 Å². The molecule has 1 amide bonds. The lowest BCUT2D eigenvalue weighted by molar-refractivity contribution is -0.137. The number of alkyl halides is 3. The van der Waals surface area contributed by atoms with Crippen LogP contribution in [0.5, 0.6) is 5.75 Å². The number of aliphatic hydroxyl groups is 1. The number of piperidine rings is 1. The molecule has 1 aliphatic rings. The second-order valence-corrected chi connectivity index (χ2v) is 9.69. The standard InChI is InChI=1S/C26H32F3NO4/c1-25(2,3)34-24(32)30-16-18(17-31)9-12-21(30)15-23(19-7-5-4-6-8-19)33-22-13-10-20(11-14-22)26(27,28)29/h4-8,10-11,13-14,18,21,23,31H,9,12,15-17H2,1-3H3. The van der Waals surface area contributed by atoms with E-state index in [-0.39, 0.29) is 18.6 Å². The quantitative estimate of drug-likeness (QED) is 0.534. The molecule has 3 unspecified atom stereocenters. The van der Waals surface area contributed by atoms with Crippen LogP contribution in [-0.2, 0) is 10.9 Å². The van der Waals surface area contributed by atoms with E-state index in [1.807, 2.05) is 30.3 Å². The SMILES string of the molecule is CC(C)(C)OC(=O)N1CC(CO)CCC1CC(Oc1ccc(C(F)(F)F)cc1)c1ccccc1. The maximum Gasteiger partial charge on any atom is 0.416 e. The third kappa shape index (κ3) is 7.13. The molecule has 5 nitrogen and oxygen atoms in total. The van der Waals surface area contributed by atoms with Crippen LogP contribution in [-0.4, -0.2) is 40.9 Å². The molecule has 0 spiro atoms. The molecule has 3 atom stereocenters. The number of likely N-dealkylation sites (tertiary alicyclic amines) is 1. The molecule has 1 N–H and O–H groups in total. The molecule has 1 heterocycles. The number of benzene rings is 2. The van der Waals surface area contributed by atoms with Crippen molar-refractivity contribution >= 4 is 6.09 Å². The third-order valence-corrected chi connectivity index (χ3v) is 5.81. The Morgan fingerprint density at radius 2 is 1.71 bits per heavy atom. The van der Waals surface area contributed by atoms with Crippen LogP contribution >= 0.6 is 0 Å². The first kappa shape index (κ1) is 25.9. The Morgan fingerprint density at radius 1 is 1.06 bits per heavy atom. The van der Waals surface area contributed by atoms with Gasteiger partial charge < -0.3 is 19.5 Å². The van der Waals surface area contributed by atoms with Gasteiger partial charge in [-0.2, -0.15) is 13.2 Å². The maximum atomic E-state index is 13.0. The Morgan fingerprint density at radius 3 is 2.26 bits per heavy atom. The largest absolute Gasteiger partial charge is 0.486 e. The summed E-state index contributed by atoms with van der Waals surface area (Å²) < 4.78 is 50.6. The zero-order valence-electron chi connectivity index (χ0n) is 19.7. The maximum absolute atomic E-state index is 13.0. The molecule has 1 fully saturated rings. The van der Waals surface area contributed by atoms with Crippen molar-refractivity contribution < 1.29 is 32.5 Å². The van der Waals surface area contributed by atoms with Crippen LogP contribution < -0.4 is 4.74 Å². The van der Waals surface area contributed by atoms with E-state index in [0.717, 1.165) is 24.1 Å². The molecule has 34 heavy (non-hydrogen) atoms. The zero-order valence-corrected chi connectivity index (χ0v) is 19.7. The predicted molar refractivity (Wildman–Crippen MR) is 122 cm³/mol. The van der Waals surface area contributed by atoms with Crippen molar-refractivity contribution in [3.8, 4) is 5.75 Å². The highest BCUT2D eigenvalue weighted by Crippen LogP contribution is 2.35. The van der Waals surface area contributed by atoms with Crippen LogP contribution in [0.25, 0.3) is 0 Å². The minimum Gasteiger partial charge on any atom is -0.486 e. The van der Waals surface area contributed by atoms with E-state index in [1.54, 1.807) is 25.7 Å². The molecule has 3 rings (SSSR count). The number of nitrogens with zero attached hydrogens (tertiary/aromatic N) is 1. The number of hydrogen-bond donors (Lipinski definition) is 1. The first-order valence-corrected chi connectivity index (χ1v) is 11.5. The summed E-state index contributed by atoms with van der Waals surface area (Å²) in [4.78, 5) is 14.6. The molecule has 8 heteroatoms. The van der Waals surface area contributed by atoms with Crippen LogP contribution in [0, 0.1) is 5.92 Å². The summed E-state index contributed by atoms with van der Waals surface area (Å²) >= 11 is 0. The van der Waals surface area contributed by atoms with Gasteiger partial charge in [0.1, 0.15) is 17.5 Å². The monoisotopic (exact) mass is 479 g/mol. The van der Waals surface area contributed by atoms with E-state index < -0.39 is 29.5 Å². The summed E-state index contributed by atoms with van der Waals surface area (Å²) in [6.45, 7) is 5.75. The van der Waals surface area contributed by atoms with Crippen molar-refractivity contribution in [3.05, 3.63) is 65.7 Å². The molecule has 0 saturated carbocycles. The number of halogens is 3. The van der Waals surface area contributed by atoms with Crippen LogP contribution in [0.4, 0.5) is 18.0 Å². The number of aliphatic hydroxyl groups excluding tert-OH is 1. The number of carbonyl (C=O) groups excluding carboxylic acids is 1. The average Bonchev–Trinajstić information content (AvgIpc) is 2.78. The molecule has 0 radical (unpaired) electrons. The van der Waals surface area contributed by atoms with Gasteiger partial charge in [-0.3, -0.25) is 0 Å². The van der Waals surface area contributed by atoms with Crippen LogP contribution in [0.1, 0.15) is 57.3 Å². The molecule has 186 valence electrons. The number of hydrogen-bond acceptors (Lipinski definition) is 4. The lowest BCUT2D eigenvalue weighted by atomic mass is 9.89. The zero-order chi connectivity index (χ0) is 24.9. The highest BCUT2D eigenvalue weighted by atomic mass is 19.4. The number of carbonyl (C=O) groups is 1. The van der Waals surface area contributed by atoms with Gasteiger partial charge in [0.05, 0.1) is 5.56 Å². The lowest BCUT2D eigenvalue weighted by Crippen LogP contribution is -2.50. The Hall–Kier alpha value is -2.74. The first-order valence-electron chi connectivity index (χ1n) is 11.5. The minimum absolute atomic E-state index is 0.0177. The Kier molecular flexibility index (Phi) is 8.13. The van der Waals surface area contributed by atoms with Gasteiger partial charge in [-0.15, -0.1) is 0 Å². The van der Waals surface area contributed by atoms with E-state index in [9.17, 15) is 23.1 Å². The van der Waals surface area contributed by atoms with Crippen molar-refractivity contribution in [1.29, 1.82) is 0 Å². The summed E-state index contributed by atoms with van der Waals surface area (Å²) in [6.07, 6.45) is -3.51. The van der Waals surface area contributed by atoms with E-state index in [4.69, 9.17) is 9.47 Å². The van der Waals surface area contributed by atoms with Gasteiger partial charge in [-0.05, 0) is 69.4 Å². The van der Waals surface area contributed by atoms with Gasteiger partial charge in [0.15, 0.2) is 0 Å². The van der Waals surface area contributed by atoms with Gasteiger partial charge in [-0.25, -0.2) is 4.79 Å². The molecule has 0 aliphatic carbocycles. The first-order chi connectivity index (χ1) is 16.0. The molecule has 0 bridgehead atoms. The highest BCUT2D eigenvalue weighted by molar-refractivity contribution is 5.68. The van der Waals surface area contributed by atoms with E-state index in [0.29, 0.717) is 25.1 Å². The number of ether oxygens (including phenoxy) is 2. The highest BCUT2D eigenvalue weighted by Gasteiger charge is 2.36. The second-order valence-electron chi connectivity index (χ2n) is 9.69. The molecular weight excluding hydrogens is 447 g/mol. The fourth-order valence-corrected chi connectivity index (χ4v) is 4.09. The molecular formula is C26H32F3NO4. The van der Waals surface area contributed by atoms with Gasteiger partial charge in [0, 0.05) is 25.6 Å². The summed E-state index contributed by atoms with van der Waals surface area (Å²) in [7, 11) is 0. The smallest absolute Gasteiger partial charge is 0.416 e. The topological polar surface area (TPSA) is 59.0 Å². The fourth-order valence-electron chi connectivity index (χ4n) is 4.09. The summed E-state index contributed by atoms with van der Waals surface area (Å²) in [5, 5.41) is 9.66. The number of amides is 1. The van der Waals surface area contributed by atoms with Crippen LogP contribution in [0.15, 0.2) is 54.6 Å². The summed E-state index contributed by atoms with van der Waals surface area (Å²) in [5.74, 6) is 0.282. The lowest BCUT2D eigenvalue weighted by Gasteiger charge is -2.41. The Balaban J connectivity index is 1.83. The van der Waals surface area contributed by atoms with Gasteiger partial charge >= 0.3 is 12.3 Å². The van der Waals surface area contributed by atoms with Gasteiger partial charge in [-0.1, -0.05) is 30.3 Å². The molecule has 1 saturated heterocycles. The van der Waals surface area contributed by atoms with Crippen molar-refractivity contribution in [1.82, 2.24) is 4.90 Å². The third-order valence-electron chi connectivity index (χ3n) is 5.81. The number of rotatable bonds is 6. The average molecular weight is 480 g/mol. The molecule has 1 aliphatic heterocycles. The van der Waals surface area contributed by atoms with Crippen molar-refractivity contribution in [2.45, 2.75) is 64.0 Å². The van der Waals surface area contributed by atoms with Crippen LogP contribution in [0.3, 0.4) is 0 Å². The Bertz CT molecular complexity index is 926. The van der Waals surface area contributed by atoms with Crippen molar-refractivity contribution in [2.24, 2.45) is 5.92 Å². The molecule has 0 aromatic heterocycles. The fraction of sp³-hybridized carbons (Fsp3) is 0.500. The van der Waals surface area contributed by atoms with Gasteiger partial charge in [0.2, 0.25) is 0 Å². The normalized spacial score (nSPS) is 20.0. The second kappa shape index (κ2) is 10.7. The summed E-state index contributed by atoms with van der Waals surface area (Å²) in [5.41, 5.74) is -0.547. The van der Waals surface area contributed by atoms with Crippen molar-refractivity contribution in [2.75, 3.05) is 13.2 Å². The van der Waals surface area contributed by atoms with Gasteiger partial charge in [0.25, 0.3) is 0 Å². The molecule has 2 aromatic rings. The van der Waals surface area contributed by atoms with Crippen molar-refractivity contribution in [3.63, 3.8) is 0 Å². The Labute approximate surface area is 198 Å².